The van der Waals surface area contributed by atoms with E-state index in [4.69, 9.17) is 10.5 Å². The Morgan fingerprint density at radius 1 is 1.32 bits per heavy atom. The first kappa shape index (κ1) is 11.1. The highest BCUT2D eigenvalue weighted by molar-refractivity contribution is 5.99. The van der Waals surface area contributed by atoms with Crippen molar-refractivity contribution in [1.29, 1.82) is 0 Å². The van der Waals surface area contributed by atoms with Crippen LogP contribution < -0.4 is 11.1 Å². The summed E-state index contributed by atoms with van der Waals surface area (Å²) in [6.07, 6.45) is 4.16. The molecule has 4 heteroatoms. The van der Waals surface area contributed by atoms with Gasteiger partial charge in [-0.1, -0.05) is 12.1 Å². The largest absolute Gasteiger partial charge is 0.383 e. The molecule has 98 valence electrons. The van der Waals surface area contributed by atoms with Gasteiger partial charge in [0.05, 0.1) is 12.2 Å². The Bertz CT molecular complexity index is 629. The number of hydrogen-bond donors (Lipinski definition) is 2. The molecule has 0 radical (unpaired) electrons. The molecule has 5 rings (SSSR count). The number of nitrogens with one attached hydrogen (secondary N) is 1. The second-order valence-corrected chi connectivity index (χ2v) is 5.72. The molecule has 1 aromatic heterocycles. The zero-order chi connectivity index (χ0) is 12.9. The predicted molar refractivity (Wildman–Crippen MR) is 76.1 cm³/mol. The zero-order valence-corrected chi connectivity index (χ0v) is 10.7. The molecule has 1 aliphatic carbocycles. The lowest BCUT2D eigenvalue weighted by atomic mass is 9.74. The summed E-state index contributed by atoms with van der Waals surface area (Å²) in [5, 5.41) is 5.66. The number of benzene rings is 1. The number of anilines is 2. The van der Waals surface area contributed by atoms with Crippen LogP contribution in [0.15, 0.2) is 30.5 Å². The van der Waals surface area contributed by atoms with Crippen molar-refractivity contribution in [2.45, 2.75) is 18.4 Å². The standard InChI is InChI=1S/C15H17N3O/c16-14-12-2-1-3-13(11(12)4-5-17-14)18-9-15-6-10(7-15)8-19-15/h1-5,10,18H,6-9H2,(H2,16,17). The molecule has 0 unspecified atom stereocenters. The SMILES string of the molecule is Nc1nccc2c(NCC34CC(CO3)C4)cccc12. The molecule has 1 saturated carbocycles. The van der Waals surface area contributed by atoms with Crippen LogP contribution in [-0.2, 0) is 4.74 Å². The first-order valence-corrected chi connectivity index (χ1v) is 6.77. The smallest absolute Gasteiger partial charge is 0.131 e. The molecule has 0 spiro atoms. The quantitative estimate of drug-likeness (QED) is 0.884. The molecular formula is C15H17N3O. The molecule has 2 saturated heterocycles. The summed E-state index contributed by atoms with van der Waals surface area (Å²) in [5.74, 6) is 1.38. The van der Waals surface area contributed by atoms with Crippen molar-refractivity contribution in [2.24, 2.45) is 5.92 Å². The molecule has 2 aliphatic heterocycles. The van der Waals surface area contributed by atoms with Crippen molar-refractivity contribution in [1.82, 2.24) is 4.98 Å². The summed E-state index contributed by atoms with van der Waals surface area (Å²) in [5.41, 5.74) is 7.11. The fourth-order valence-electron chi connectivity index (χ4n) is 3.36. The first-order valence-electron chi connectivity index (χ1n) is 6.77. The molecular weight excluding hydrogens is 238 g/mol. The highest BCUT2D eigenvalue weighted by Gasteiger charge is 2.51. The molecule has 3 aliphatic rings. The number of aromatic nitrogens is 1. The molecule has 19 heavy (non-hydrogen) atoms. The minimum absolute atomic E-state index is 0.0887. The first-order chi connectivity index (χ1) is 9.26. The molecule has 3 N–H and O–H groups in total. The van der Waals surface area contributed by atoms with E-state index in [2.05, 4.69) is 16.4 Å². The van der Waals surface area contributed by atoms with Gasteiger partial charge >= 0.3 is 0 Å². The zero-order valence-electron chi connectivity index (χ0n) is 10.7. The fourth-order valence-corrected chi connectivity index (χ4v) is 3.36. The van der Waals surface area contributed by atoms with Gasteiger partial charge in [-0.25, -0.2) is 4.98 Å². The summed E-state index contributed by atoms with van der Waals surface area (Å²) in [6, 6.07) is 8.11. The molecule has 3 fully saturated rings. The van der Waals surface area contributed by atoms with Crippen LogP contribution in [-0.4, -0.2) is 23.7 Å². The van der Waals surface area contributed by atoms with Crippen LogP contribution in [0, 0.1) is 5.92 Å². The normalized spacial score (nSPS) is 28.3. The molecule has 3 heterocycles. The third-order valence-electron chi connectivity index (χ3n) is 4.38. The predicted octanol–water partition coefficient (Wildman–Crippen LogP) is 2.41. The van der Waals surface area contributed by atoms with E-state index < -0.39 is 0 Å². The second kappa shape index (κ2) is 3.84. The molecule has 2 aromatic rings. The summed E-state index contributed by atoms with van der Waals surface area (Å²) >= 11 is 0. The van der Waals surface area contributed by atoms with Gasteiger partial charge in [-0.05, 0) is 30.9 Å². The third-order valence-corrected chi connectivity index (χ3v) is 4.38. The van der Waals surface area contributed by atoms with Gasteiger partial charge in [0.15, 0.2) is 0 Å². The lowest BCUT2D eigenvalue weighted by Gasteiger charge is -2.36. The van der Waals surface area contributed by atoms with Gasteiger partial charge in [-0.15, -0.1) is 0 Å². The maximum Gasteiger partial charge on any atom is 0.131 e. The summed E-state index contributed by atoms with van der Waals surface area (Å²) in [4.78, 5) is 4.13. The highest BCUT2D eigenvalue weighted by atomic mass is 16.5. The lowest BCUT2D eigenvalue weighted by molar-refractivity contribution is 0.0146. The number of rotatable bonds is 3. The second-order valence-electron chi connectivity index (χ2n) is 5.72. The molecule has 4 nitrogen and oxygen atoms in total. The van der Waals surface area contributed by atoms with Crippen LogP contribution in [0.4, 0.5) is 11.5 Å². The van der Waals surface area contributed by atoms with Crippen LogP contribution in [0.3, 0.4) is 0 Å². The lowest BCUT2D eigenvalue weighted by Crippen LogP contribution is -2.42. The summed E-state index contributed by atoms with van der Waals surface area (Å²) < 4.78 is 5.87. The van der Waals surface area contributed by atoms with Crippen molar-refractivity contribution in [3.63, 3.8) is 0 Å². The Balaban J connectivity index is 1.62. The van der Waals surface area contributed by atoms with Crippen molar-refractivity contribution < 1.29 is 4.74 Å². The average Bonchev–Trinajstić information content (AvgIpc) is 2.97. The number of ether oxygens (including phenoxy) is 1. The van der Waals surface area contributed by atoms with Gasteiger partial charge in [0.25, 0.3) is 0 Å². The number of pyridine rings is 1. The number of hydrogen-bond acceptors (Lipinski definition) is 4. The Labute approximate surface area is 112 Å². The van der Waals surface area contributed by atoms with Crippen LogP contribution in [0.5, 0.6) is 0 Å². The van der Waals surface area contributed by atoms with E-state index in [1.54, 1.807) is 6.20 Å². The van der Waals surface area contributed by atoms with Gasteiger partial charge in [-0.2, -0.15) is 0 Å². The van der Waals surface area contributed by atoms with Crippen molar-refractivity contribution >= 4 is 22.3 Å². The van der Waals surface area contributed by atoms with Gasteiger partial charge < -0.3 is 15.8 Å². The van der Waals surface area contributed by atoms with Gasteiger partial charge in [0.2, 0.25) is 0 Å². The van der Waals surface area contributed by atoms with Crippen LogP contribution in [0.25, 0.3) is 10.8 Å². The topological polar surface area (TPSA) is 60.2 Å². The monoisotopic (exact) mass is 255 g/mol. The molecule has 0 amide bonds. The van der Waals surface area contributed by atoms with Crippen molar-refractivity contribution in [2.75, 3.05) is 24.2 Å². The Morgan fingerprint density at radius 2 is 2.21 bits per heavy atom. The van der Waals surface area contributed by atoms with Crippen LogP contribution >= 0.6 is 0 Å². The summed E-state index contributed by atoms with van der Waals surface area (Å²) in [6.45, 7) is 1.82. The Morgan fingerprint density at radius 3 is 3.00 bits per heavy atom. The average molecular weight is 255 g/mol. The fraction of sp³-hybridized carbons (Fsp3) is 0.400. The molecule has 0 atom stereocenters. The number of nitrogens with zero attached hydrogens (tertiary/aromatic N) is 1. The van der Waals surface area contributed by atoms with Crippen LogP contribution in [0.2, 0.25) is 0 Å². The van der Waals surface area contributed by atoms with E-state index in [1.807, 2.05) is 18.2 Å². The van der Waals surface area contributed by atoms with Gasteiger partial charge in [0, 0.05) is 29.2 Å². The van der Waals surface area contributed by atoms with E-state index >= 15 is 0 Å². The van der Waals surface area contributed by atoms with E-state index in [1.165, 1.54) is 12.8 Å². The molecule has 1 aromatic carbocycles. The van der Waals surface area contributed by atoms with Crippen molar-refractivity contribution in [3.05, 3.63) is 30.5 Å². The molecule has 2 bridgehead atoms. The number of fused-ring (bicyclic) bond motifs is 2. The van der Waals surface area contributed by atoms with Crippen molar-refractivity contribution in [3.8, 4) is 0 Å². The Kier molecular flexibility index (Phi) is 2.23. The number of nitrogen functional groups attached to an aromatic ring is 1. The maximum absolute atomic E-state index is 5.91. The highest BCUT2D eigenvalue weighted by Crippen LogP contribution is 2.48. The minimum atomic E-state index is 0.0887. The van der Waals surface area contributed by atoms with Crippen LogP contribution in [0.1, 0.15) is 12.8 Å². The minimum Gasteiger partial charge on any atom is -0.383 e. The van der Waals surface area contributed by atoms with E-state index in [0.717, 1.165) is 35.5 Å². The maximum atomic E-state index is 5.91. The van der Waals surface area contributed by atoms with Gasteiger partial charge in [0.1, 0.15) is 5.82 Å². The number of nitrogens with two attached hydrogens (primary N) is 1. The van der Waals surface area contributed by atoms with Gasteiger partial charge in [-0.3, -0.25) is 0 Å². The summed E-state index contributed by atoms with van der Waals surface area (Å²) in [7, 11) is 0. The Hall–Kier alpha value is -1.81. The van der Waals surface area contributed by atoms with E-state index in [9.17, 15) is 0 Å². The third kappa shape index (κ3) is 1.67. The van der Waals surface area contributed by atoms with E-state index in [-0.39, 0.29) is 5.60 Å². The van der Waals surface area contributed by atoms with E-state index in [0.29, 0.717) is 5.82 Å².